The summed E-state index contributed by atoms with van der Waals surface area (Å²) in [6.07, 6.45) is 0. The highest BCUT2D eigenvalue weighted by Crippen LogP contribution is 2.16. The molecular formula is C15H22N2O5S. The lowest BCUT2D eigenvalue weighted by molar-refractivity contribution is -0.125. The van der Waals surface area contributed by atoms with E-state index in [1.54, 1.807) is 6.92 Å². The maximum atomic E-state index is 11.9. The molecule has 1 rings (SSSR count). The van der Waals surface area contributed by atoms with E-state index in [1.165, 1.54) is 12.1 Å². The first-order chi connectivity index (χ1) is 10.5. The van der Waals surface area contributed by atoms with Crippen molar-refractivity contribution in [1.29, 1.82) is 0 Å². The van der Waals surface area contributed by atoms with E-state index in [2.05, 4.69) is 5.32 Å². The highest BCUT2D eigenvalue weighted by Gasteiger charge is 2.17. The van der Waals surface area contributed by atoms with E-state index in [9.17, 15) is 18.0 Å². The Morgan fingerprint density at radius 3 is 2.39 bits per heavy atom. The summed E-state index contributed by atoms with van der Waals surface area (Å²) in [7, 11) is -3.93. The van der Waals surface area contributed by atoms with Crippen LogP contribution in [0.15, 0.2) is 23.1 Å². The van der Waals surface area contributed by atoms with E-state index in [0.29, 0.717) is 5.56 Å². The van der Waals surface area contributed by atoms with E-state index in [4.69, 9.17) is 9.88 Å². The van der Waals surface area contributed by atoms with Crippen molar-refractivity contribution in [2.24, 2.45) is 11.1 Å². The fourth-order valence-corrected chi connectivity index (χ4v) is 2.52. The van der Waals surface area contributed by atoms with Crippen molar-refractivity contribution < 1.29 is 22.7 Å². The standard InChI is InChI=1S/C15H22N2O5S/c1-9(2)11(4)17-14(18)8-22-15(19)12-6-5-10(3)13(7-12)23(16,20)21/h5-7,9,11H,8H2,1-4H3,(H,17,18)(H2,16,20,21). The van der Waals surface area contributed by atoms with Crippen LogP contribution in [0.3, 0.4) is 0 Å². The molecule has 3 N–H and O–H groups in total. The Morgan fingerprint density at radius 2 is 1.87 bits per heavy atom. The quantitative estimate of drug-likeness (QED) is 0.747. The summed E-state index contributed by atoms with van der Waals surface area (Å²) in [6.45, 7) is 6.89. The third kappa shape index (κ3) is 5.65. The number of carbonyl (C=O) groups excluding carboxylic acids is 2. The fourth-order valence-electron chi connectivity index (χ4n) is 1.71. The number of sulfonamides is 1. The molecule has 1 aromatic carbocycles. The van der Waals surface area contributed by atoms with Gasteiger partial charge in [0.1, 0.15) is 0 Å². The molecule has 23 heavy (non-hydrogen) atoms. The number of carbonyl (C=O) groups is 2. The molecule has 7 nitrogen and oxygen atoms in total. The average molecular weight is 342 g/mol. The minimum atomic E-state index is -3.93. The molecule has 0 radical (unpaired) electrons. The number of hydrogen-bond donors (Lipinski definition) is 2. The number of aryl methyl sites for hydroxylation is 1. The highest BCUT2D eigenvalue weighted by molar-refractivity contribution is 7.89. The molecule has 0 aliphatic rings. The Kier molecular flexibility index (Phi) is 6.28. The van der Waals surface area contributed by atoms with Gasteiger partial charge in [-0.05, 0) is 37.5 Å². The predicted octanol–water partition coefficient (Wildman–Crippen LogP) is 0.960. The Hall–Kier alpha value is -1.93. The molecule has 0 saturated carbocycles. The molecule has 0 heterocycles. The first-order valence-corrected chi connectivity index (χ1v) is 8.67. The average Bonchev–Trinajstić information content (AvgIpc) is 2.43. The van der Waals surface area contributed by atoms with Crippen molar-refractivity contribution in [2.75, 3.05) is 6.61 Å². The Labute approximate surface area is 136 Å². The van der Waals surface area contributed by atoms with Crippen molar-refractivity contribution in [3.05, 3.63) is 29.3 Å². The molecule has 1 unspecified atom stereocenters. The van der Waals surface area contributed by atoms with Crippen molar-refractivity contribution >= 4 is 21.9 Å². The zero-order valence-electron chi connectivity index (χ0n) is 13.6. The number of rotatable bonds is 6. The van der Waals surface area contributed by atoms with E-state index >= 15 is 0 Å². The van der Waals surface area contributed by atoms with Crippen LogP contribution in [0.2, 0.25) is 0 Å². The van der Waals surface area contributed by atoms with Gasteiger partial charge < -0.3 is 10.1 Å². The molecular weight excluding hydrogens is 320 g/mol. The topological polar surface area (TPSA) is 116 Å². The monoisotopic (exact) mass is 342 g/mol. The summed E-state index contributed by atoms with van der Waals surface area (Å²) in [6, 6.07) is 3.97. The summed E-state index contributed by atoms with van der Waals surface area (Å²) in [5, 5.41) is 7.79. The van der Waals surface area contributed by atoms with Gasteiger partial charge in [0.05, 0.1) is 10.5 Å². The highest BCUT2D eigenvalue weighted by atomic mass is 32.2. The number of amides is 1. The molecule has 0 aromatic heterocycles. The Bertz CT molecular complexity index is 698. The number of nitrogens with two attached hydrogens (primary N) is 1. The van der Waals surface area contributed by atoms with Crippen molar-refractivity contribution in [3.63, 3.8) is 0 Å². The molecule has 0 aliphatic carbocycles. The van der Waals surface area contributed by atoms with Crippen molar-refractivity contribution in [3.8, 4) is 0 Å². The van der Waals surface area contributed by atoms with Crippen LogP contribution in [0.4, 0.5) is 0 Å². The van der Waals surface area contributed by atoms with Gasteiger partial charge in [-0.1, -0.05) is 19.9 Å². The van der Waals surface area contributed by atoms with Gasteiger partial charge in [-0.25, -0.2) is 18.4 Å². The van der Waals surface area contributed by atoms with Gasteiger partial charge in [-0.2, -0.15) is 0 Å². The van der Waals surface area contributed by atoms with Crippen LogP contribution in [-0.2, 0) is 19.6 Å². The lowest BCUT2D eigenvalue weighted by atomic mass is 10.1. The van der Waals surface area contributed by atoms with Crippen LogP contribution in [0.25, 0.3) is 0 Å². The van der Waals surface area contributed by atoms with Crippen LogP contribution in [0.5, 0.6) is 0 Å². The number of benzene rings is 1. The van der Waals surface area contributed by atoms with Gasteiger partial charge in [0.25, 0.3) is 5.91 Å². The van der Waals surface area contributed by atoms with Crippen LogP contribution in [-0.4, -0.2) is 32.9 Å². The summed E-state index contributed by atoms with van der Waals surface area (Å²) < 4.78 is 27.8. The molecule has 1 amide bonds. The van der Waals surface area contributed by atoms with Gasteiger partial charge in [0, 0.05) is 6.04 Å². The number of primary sulfonamides is 1. The van der Waals surface area contributed by atoms with Gasteiger partial charge in [0.15, 0.2) is 6.61 Å². The summed E-state index contributed by atoms with van der Waals surface area (Å²) in [4.78, 5) is 23.4. The van der Waals surface area contributed by atoms with Gasteiger partial charge in [-0.15, -0.1) is 0 Å². The van der Waals surface area contributed by atoms with Crippen molar-refractivity contribution in [1.82, 2.24) is 5.32 Å². The second kappa shape index (κ2) is 7.56. The van der Waals surface area contributed by atoms with Crippen LogP contribution >= 0.6 is 0 Å². The maximum absolute atomic E-state index is 11.9. The van der Waals surface area contributed by atoms with Gasteiger partial charge >= 0.3 is 5.97 Å². The second-order valence-electron chi connectivity index (χ2n) is 5.70. The molecule has 128 valence electrons. The SMILES string of the molecule is Cc1ccc(C(=O)OCC(=O)NC(C)C(C)C)cc1S(N)(=O)=O. The van der Waals surface area contributed by atoms with E-state index in [-0.39, 0.29) is 22.4 Å². The van der Waals surface area contributed by atoms with Crippen LogP contribution < -0.4 is 10.5 Å². The smallest absolute Gasteiger partial charge is 0.338 e. The number of hydrogen-bond acceptors (Lipinski definition) is 5. The molecule has 0 aliphatic heterocycles. The number of nitrogens with one attached hydrogen (secondary N) is 1. The molecule has 1 atom stereocenters. The normalized spacial score (nSPS) is 12.8. The fraction of sp³-hybridized carbons (Fsp3) is 0.467. The van der Waals surface area contributed by atoms with E-state index < -0.39 is 28.5 Å². The number of esters is 1. The molecule has 8 heteroatoms. The lowest BCUT2D eigenvalue weighted by Crippen LogP contribution is -2.38. The largest absolute Gasteiger partial charge is 0.452 e. The number of ether oxygens (including phenoxy) is 1. The van der Waals surface area contributed by atoms with Gasteiger partial charge in [-0.3, -0.25) is 4.79 Å². The summed E-state index contributed by atoms with van der Waals surface area (Å²) >= 11 is 0. The lowest BCUT2D eigenvalue weighted by Gasteiger charge is -2.17. The summed E-state index contributed by atoms with van der Waals surface area (Å²) in [5.74, 6) is -0.954. The third-order valence-corrected chi connectivity index (χ3v) is 4.51. The molecule has 0 saturated heterocycles. The minimum absolute atomic E-state index is 0.0179. The molecule has 0 spiro atoms. The zero-order valence-corrected chi connectivity index (χ0v) is 14.4. The first kappa shape index (κ1) is 19.1. The Balaban J connectivity index is 2.75. The van der Waals surface area contributed by atoms with Crippen molar-refractivity contribution in [2.45, 2.75) is 38.6 Å². The third-order valence-electron chi connectivity index (χ3n) is 3.45. The zero-order chi connectivity index (χ0) is 17.8. The van der Waals surface area contributed by atoms with E-state index in [0.717, 1.165) is 6.07 Å². The Morgan fingerprint density at radius 1 is 1.26 bits per heavy atom. The van der Waals surface area contributed by atoms with Gasteiger partial charge in [0.2, 0.25) is 10.0 Å². The van der Waals surface area contributed by atoms with E-state index in [1.807, 2.05) is 20.8 Å². The van der Waals surface area contributed by atoms with Crippen LogP contribution in [0.1, 0.15) is 36.7 Å². The molecule has 0 bridgehead atoms. The minimum Gasteiger partial charge on any atom is -0.452 e. The second-order valence-corrected chi connectivity index (χ2v) is 7.23. The van der Waals surface area contributed by atoms with Crippen LogP contribution in [0, 0.1) is 12.8 Å². The maximum Gasteiger partial charge on any atom is 0.338 e. The predicted molar refractivity (Wildman–Crippen MR) is 85.3 cm³/mol. The molecule has 0 fully saturated rings. The summed E-state index contributed by atoms with van der Waals surface area (Å²) in [5.41, 5.74) is 0.442. The first-order valence-electron chi connectivity index (χ1n) is 7.12. The molecule has 1 aromatic rings.